The molecule has 0 spiro atoms. The molecular formula is C13H24N2O4. The van der Waals surface area contributed by atoms with Crippen LogP contribution >= 0.6 is 0 Å². The highest BCUT2D eigenvalue weighted by atomic mass is 16.6. The first-order valence-electron chi connectivity index (χ1n) is 6.89. The Labute approximate surface area is 114 Å². The number of rotatable bonds is 4. The SMILES string of the molecule is CC(C)(C)OC(=O)N[C@@H](C[N+](=O)[O-])C1CCCCC1. The van der Waals surface area contributed by atoms with E-state index in [2.05, 4.69) is 5.32 Å². The van der Waals surface area contributed by atoms with Crippen LogP contribution in [0.15, 0.2) is 0 Å². The van der Waals surface area contributed by atoms with Gasteiger partial charge < -0.3 is 10.1 Å². The topological polar surface area (TPSA) is 81.5 Å². The first kappa shape index (κ1) is 15.7. The zero-order chi connectivity index (χ0) is 14.5. The number of alkyl carbamates (subject to hydrolysis) is 1. The standard InChI is InChI=1S/C13H24N2O4/c1-13(2,3)19-12(16)14-11(9-15(17)18)10-7-5-4-6-8-10/h10-11H,4-9H2,1-3H3,(H,14,16)/t11-/m0/s1. The molecule has 0 saturated heterocycles. The summed E-state index contributed by atoms with van der Waals surface area (Å²) in [6.45, 7) is 5.09. The first-order chi connectivity index (χ1) is 8.78. The van der Waals surface area contributed by atoms with Crippen LogP contribution in [-0.4, -0.2) is 29.2 Å². The van der Waals surface area contributed by atoms with E-state index in [0.717, 1.165) is 25.7 Å². The molecule has 1 aliphatic rings. The molecule has 0 radical (unpaired) electrons. The summed E-state index contributed by atoms with van der Waals surface area (Å²) >= 11 is 0. The van der Waals surface area contributed by atoms with Gasteiger partial charge in [0.25, 0.3) is 0 Å². The first-order valence-corrected chi connectivity index (χ1v) is 6.89. The van der Waals surface area contributed by atoms with Crippen LogP contribution in [0.2, 0.25) is 0 Å². The van der Waals surface area contributed by atoms with Crippen molar-refractivity contribution < 1.29 is 14.5 Å². The van der Waals surface area contributed by atoms with Crippen LogP contribution < -0.4 is 5.32 Å². The number of ether oxygens (including phenoxy) is 1. The Kier molecular flexibility index (Phi) is 5.57. The number of nitrogens with one attached hydrogen (secondary N) is 1. The third kappa shape index (κ3) is 6.40. The van der Waals surface area contributed by atoms with E-state index in [0.29, 0.717) is 0 Å². The maximum absolute atomic E-state index is 11.7. The van der Waals surface area contributed by atoms with Gasteiger partial charge in [0.1, 0.15) is 5.60 Å². The molecule has 6 nitrogen and oxygen atoms in total. The maximum Gasteiger partial charge on any atom is 0.408 e. The minimum Gasteiger partial charge on any atom is -0.444 e. The molecule has 0 aliphatic heterocycles. The minimum atomic E-state index is -0.587. The van der Waals surface area contributed by atoms with Crippen LogP contribution in [0, 0.1) is 16.0 Å². The Bertz CT molecular complexity index is 319. The highest BCUT2D eigenvalue weighted by Crippen LogP contribution is 2.26. The lowest BCUT2D eigenvalue weighted by molar-refractivity contribution is -0.485. The molecule has 19 heavy (non-hydrogen) atoms. The van der Waals surface area contributed by atoms with Crippen molar-refractivity contribution in [1.82, 2.24) is 5.32 Å². The lowest BCUT2D eigenvalue weighted by Crippen LogP contribution is -2.47. The third-order valence-electron chi connectivity index (χ3n) is 3.27. The van der Waals surface area contributed by atoms with Crippen LogP contribution in [0.25, 0.3) is 0 Å². The summed E-state index contributed by atoms with van der Waals surface area (Å²) in [6.07, 6.45) is 4.64. The van der Waals surface area contributed by atoms with Gasteiger partial charge in [0.05, 0.1) is 6.04 Å². The van der Waals surface area contributed by atoms with Crippen molar-refractivity contribution in [3.05, 3.63) is 10.1 Å². The largest absolute Gasteiger partial charge is 0.444 e. The highest BCUT2D eigenvalue weighted by molar-refractivity contribution is 5.68. The van der Waals surface area contributed by atoms with E-state index in [9.17, 15) is 14.9 Å². The molecule has 0 aromatic rings. The van der Waals surface area contributed by atoms with E-state index >= 15 is 0 Å². The van der Waals surface area contributed by atoms with Gasteiger partial charge in [-0.3, -0.25) is 10.1 Å². The summed E-state index contributed by atoms with van der Waals surface area (Å²) in [6, 6.07) is -0.426. The van der Waals surface area contributed by atoms with Gasteiger partial charge in [-0.15, -0.1) is 0 Å². The summed E-state index contributed by atoms with van der Waals surface area (Å²) in [5.74, 6) is 0.187. The summed E-state index contributed by atoms with van der Waals surface area (Å²) < 4.78 is 5.17. The molecule has 1 aliphatic carbocycles. The third-order valence-corrected chi connectivity index (χ3v) is 3.27. The Morgan fingerprint density at radius 3 is 2.42 bits per heavy atom. The lowest BCUT2D eigenvalue weighted by Gasteiger charge is -2.29. The zero-order valence-corrected chi connectivity index (χ0v) is 12.0. The van der Waals surface area contributed by atoms with Crippen molar-refractivity contribution in [1.29, 1.82) is 0 Å². The Balaban J connectivity index is 2.58. The number of hydrogen-bond acceptors (Lipinski definition) is 4. The van der Waals surface area contributed by atoms with Gasteiger partial charge in [-0.2, -0.15) is 0 Å². The molecule has 110 valence electrons. The predicted molar refractivity (Wildman–Crippen MR) is 71.6 cm³/mol. The van der Waals surface area contributed by atoms with Crippen molar-refractivity contribution in [2.45, 2.75) is 64.5 Å². The van der Waals surface area contributed by atoms with Gasteiger partial charge in [-0.05, 0) is 39.5 Å². The molecule has 1 fully saturated rings. The molecule has 1 rings (SSSR count). The number of hydrogen-bond donors (Lipinski definition) is 1. The van der Waals surface area contributed by atoms with E-state index < -0.39 is 17.7 Å². The van der Waals surface area contributed by atoms with Crippen LogP contribution in [0.1, 0.15) is 52.9 Å². The Hall–Kier alpha value is -1.33. The van der Waals surface area contributed by atoms with Crippen molar-refractivity contribution in [3.8, 4) is 0 Å². The fourth-order valence-electron chi connectivity index (χ4n) is 2.47. The van der Waals surface area contributed by atoms with E-state index in [1.807, 2.05) is 0 Å². The van der Waals surface area contributed by atoms with Crippen molar-refractivity contribution >= 4 is 6.09 Å². The summed E-state index contributed by atoms with van der Waals surface area (Å²) in [5, 5.41) is 13.4. The zero-order valence-electron chi connectivity index (χ0n) is 12.0. The normalized spacial score (nSPS) is 18.7. The Morgan fingerprint density at radius 2 is 1.95 bits per heavy atom. The Morgan fingerprint density at radius 1 is 1.37 bits per heavy atom. The average Bonchev–Trinajstić information content (AvgIpc) is 2.26. The summed E-state index contributed by atoms with van der Waals surface area (Å²) in [5.41, 5.74) is -0.587. The number of nitro groups is 1. The van der Waals surface area contributed by atoms with Gasteiger partial charge in [0.2, 0.25) is 6.54 Å². The van der Waals surface area contributed by atoms with Crippen LogP contribution in [-0.2, 0) is 4.74 Å². The fraction of sp³-hybridized carbons (Fsp3) is 0.923. The highest BCUT2D eigenvalue weighted by Gasteiger charge is 2.30. The molecule has 1 saturated carbocycles. The molecule has 0 bridgehead atoms. The molecule has 1 N–H and O–H groups in total. The number of amides is 1. The second-order valence-electron chi connectivity index (χ2n) is 6.17. The predicted octanol–water partition coefficient (Wildman–Crippen LogP) is 2.74. The molecule has 6 heteroatoms. The van der Waals surface area contributed by atoms with Crippen molar-refractivity contribution in [3.63, 3.8) is 0 Å². The van der Waals surface area contributed by atoms with Gasteiger partial charge in [-0.25, -0.2) is 4.79 Å². The van der Waals surface area contributed by atoms with Crippen LogP contribution in [0.4, 0.5) is 4.79 Å². The number of nitrogens with zero attached hydrogens (tertiary/aromatic N) is 1. The quantitative estimate of drug-likeness (QED) is 0.630. The van der Waals surface area contributed by atoms with Gasteiger partial charge in [0, 0.05) is 4.92 Å². The van der Waals surface area contributed by atoms with Crippen molar-refractivity contribution in [2.24, 2.45) is 5.92 Å². The number of carbonyl (C=O) groups excluding carboxylic acids is 1. The smallest absolute Gasteiger partial charge is 0.408 e. The lowest BCUT2D eigenvalue weighted by atomic mass is 9.84. The second-order valence-corrected chi connectivity index (χ2v) is 6.17. The van der Waals surface area contributed by atoms with Gasteiger partial charge in [-0.1, -0.05) is 19.3 Å². The van der Waals surface area contributed by atoms with E-state index in [4.69, 9.17) is 4.74 Å². The van der Waals surface area contributed by atoms with Gasteiger partial charge >= 0.3 is 6.09 Å². The second kappa shape index (κ2) is 6.73. The monoisotopic (exact) mass is 272 g/mol. The summed E-state index contributed by atoms with van der Waals surface area (Å²) in [4.78, 5) is 22.1. The molecule has 0 heterocycles. The van der Waals surface area contributed by atoms with E-state index in [1.54, 1.807) is 20.8 Å². The van der Waals surface area contributed by atoms with E-state index in [-0.39, 0.29) is 17.4 Å². The molecule has 0 aromatic carbocycles. The van der Waals surface area contributed by atoms with Crippen LogP contribution in [0.5, 0.6) is 0 Å². The van der Waals surface area contributed by atoms with Gasteiger partial charge in [0.15, 0.2) is 0 Å². The molecule has 1 amide bonds. The van der Waals surface area contributed by atoms with E-state index in [1.165, 1.54) is 6.42 Å². The fourth-order valence-corrected chi connectivity index (χ4v) is 2.47. The maximum atomic E-state index is 11.7. The summed E-state index contributed by atoms with van der Waals surface area (Å²) in [7, 11) is 0. The molecular weight excluding hydrogens is 248 g/mol. The minimum absolute atomic E-state index is 0.187. The molecule has 0 aromatic heterocycles. The van der Waals surface area contributed by atoms with Crippen LogP contribution in [0.3, 0.4) is 0 Å². The number of carbonyl (C=O) groups is 1. The molecule has 1 atom stereocenters. The average molecular weight is 272 g/mol. The van der Waals surface area contributed by atoms with Crippen molar-refractivity contribution in [2.75, 3.05) is 6.54 Å². The molecule has 0 unspecified atom stereocenters.